The number of carbonyl (C=O) groups excluding carboxylic acids is 1. The highest BCUT2D eigenvalue weighted by Gasteiger charge is 2.40. The minimum Gasteiger partial charge on any atom is -0.497 e. The standard InChI is InChI=1S/C34H34N2O2/c1-38-31-17-15-28(16-18-31)34(37)33(36-22-20-26-10-6-8-14-30(26)24-36)32(27-11-3-2-4-12-27)35-21-19-25-9-5-7-13-29(25)23-35/h2-18,32-33H,19-24H2,1H3/t32-,33+/m1/s1. The van der Waals surface area contributed by atoms with E-state index in [0.717, 1.165) is 50.3 Å². The average Bonchev–Trinajstić information content (AvgIpc) is 2.99. The van der Waals surface area contributed by atoms with E-state index < -0.39 is 0 Å². The molecule has 192 valence electrons. The molecule has 4 aromatic rings. The Morgan fingerprint density at radius 3 is 1.79 bits per heavy atom. The number of carbonyl (C=O) groups is 1. The van der Waals surface area contributed by atoms with Crippen LogP contribution in [0.1, 0.15) is 44.2 Å². The Morgan fingerprint density at radius 1 is 0.658 bits per heavy atom. The molecule has 0 aromatic heterocycles. The van der Waals surface area contributed by atoms with Crippen LogP contribution in [-0.2, 0) is 25.9 Å². The zero-order valence-electron chi connectivity index (χ0n) is 21.9. The van der Waals surface area contributed by atoms with Crippen LogP contribution >= 0.6 is 0 Å². The maximum absolute atomic E-state index is 14.5. The quantitative estimate of drug-likeness (QED) is 0.286. The van der Waals surface area contributed by atoms with E-state index in [9.17, 15) is 4.79 Å². The molecule has 4 heteroatoms. The summed E-state index contributed by atoms with van der Waals surface area (Å²) < 4.78 is 5.38. The van der Waals surface area contributed by atoms with Crippen molar-refractivity contribution in [3.63, 3.8) is 0 Å². The largest absolute Gasteiger partial charge is 0.497 e. The van der Waals surface area contributed by atoms with Gasteiger partial charge in [0.05, 0.1) is 19.2 Å². The number of ketones is 1. The van der Waals surface area contributed by atoms with Crippen molar-refractivity contribution < 1.29 is 9.53 Å². The second-order valence-electron chi connectivity index (χ2n) is 10.4. The van der Waals surface area contributed by atoms with Crippen molar-refractivity contribution in [1.82, 2.24) is 9.80 Å². The summed E-state index contributed by atoms with van der Waals surface area (Å²) in [7, 11) is 1.66. The predicted molar refractivity (Wildman–Crippen MR) is 151 cm³/mol. The van der Waals surface area contributed by atoms with Crippen molar-refractivity contribution in [2.45, 2.75) is 38.0 Å². The van der Waals surface area contributed by atoms with Gasteiger partial charge in [-0.3, -0.25) is 14.6 Å². The molecule has 0 saturated heterocycles. The van der Waals surface area contributed by atoms with Gasteiger partial charge in [0.25, 0.3) is 0 Å². The topological polar surface area (TPSA) is 32.8 Å². The Kier molecular flexibility index (Phi) is 7.08. The van der Waals surface area contributed by atoms with Gasteiger partial charge in [-0.25, -0.2) is 0 Å². The van der Waals surface area contributed by atoms with E-state index in [4.69, 9.17) is 4.74 Å². The summed E-state index contributed by atoms with van der Waals surface area (Å²) in [6, 6.07) is 35.3. The summed E-state index contributed by atoms with van der Waals surface area (Å²) in [6.07, 6.45) is 1.94. The molecule has 2 atom stereocenters. The first-order chi connectivity index (χ1) is 18.7. The molecule has 0 amide bonds. The average molecular weight is 503 g/mol. The Bertz CT molecular complexity index is 1400. The van der Waals surface area contributed by atoms with Crippen LogP contribution in [0.25, 0.3) is 0 Å². The molecule has 0 bridgehead atoms. The first-order valence-corrected chi connectivity index (χ1v) is 13.6. The van der Waals surface area contributed by atoms with Crippen molar-refractivity contribution in [2.24, 2.45) is 0 Å². The fourth-order valence-electron chi connectivity index (χ4n) is 6.19. The minimum atomic E-state index is -0.315. The van der Waals surface area contributed by atoms with Crippen LogP contribution in [0.2, 0.25) is 0 Å². The van der Waals surface area contributed by atoms with E-state index in [1.54, 1.807) is 7.11 Å². The third kappa shape index (κ3) is 4.90. The van der Waals surface area contributed by atoms with Crippen LogP contribution in [0.15, 0.2) is 103 Å². The lowest BCUT2D eigenvalue weighted by Gasteiger charge is -2.45. The fourth-order valence-corrected chi connectivity index (χ4v) is 6.19. The Labute approximate surface area is 225 Å². The highest BCUT2D eigenvalue weighted by atomic mass is 16.5. The first kappa shape index (κ1) is 24.6. The number of Topliss-reactive ketones (excluding diaryl/α,β-unsaturated/α-hetero) is 1. The third-order valence-electron chi connectivity index (χ3n) is 8.19. The highest BCUT2D eigenvalue weighted by molar-refractivity contribution is 6.01. The van der Waals surface area contributed by atoms with Crippen molar-refractivity contribution >= 4 is 5.78 Å². The Hall–Kier alpha value is -3.73. The number of ether oxygens (including phenoxy) is 1. The number of methoxy groups -OCH3 is 1. The number of hydrogen-bond acceptors (Lipinski definition) is 4. The number of benzene rings is 4. The van der Waals surface area contributed by atoms with Crippen LogP contribution in [-0.4, -0.2) is 41.8 Å². The molecule has 6 rings (SSSR count). The second-order valence-corrected chi connectivity index (χ2v) is 10.4. The molecule has 2 aliphatic heterocycles. The van der Waals surface area contributed by atoms with E-state index in [0.29, 0.717) is 0 Å². The predicted octanol–water partition coefficient (Wildman–Crippen LogP) is 6.10. The molecular weight excluding hydrogens is 468 g/mol. The summed E-state index contributed by atoms with van der Waals surface area (Å²) in [5, 5.41) is 0. The normalized spacial score (nSPS) is 17.2. The molecule has 0 saturated carbocycles. The molecule has 0 fully saturated rings. The monoisotopic (exact) mass is 502 g/mol. The van der Waals surface area contributed by atoms with Gasteiger partial charge in [-0.1, -0.05) is 78.9 Å². The van der Waals surface area contributed by atoms with Crippen molar-refractivity contribution in [3.05, 3.63) is 137 Å². The van der Waals surface area contributed by atoms with Gasteiger partial charge in [-0.05, 0) is 64.9 Å². The molecule has 0 radical (unpaired) electrons. The van der Waals surface area contributed by atoms with E-state index in [1.165, 1.54) is 27.8 Å². The summed E-state index contributed by atoms with van der Waals surface area (Å²) in [4.78, 5) is 19.5. The van der Waals surface area contributed by atoms with Gasteiger partial charge >= 0.3 is 0 Å². The van der Waals surface area contributed by atoms with Crippen LogP contribution in [0.5, 0.6) is 5.75 Å². The van der Waals surface area contributed by atoms with Gasteiger partial charge in [0.2, 0.25) is 0 Å². The smallest absolute Gasteiger partial charge is 0.181 e. The van der Waals surface area contributed by atoms with Gasteiger partial charge in [0, 0.05) is 31.7 Å². The number of hydrogen-bond donors (Lipinski definition) is 0. The molecule has 0 aliphatic carbocycles. The van der Waals surface area contributed by atoms with Crippen LogP contribution < -0.4 is 4.74 Å². The first-order valence-electron chi connectivity index (χ1n) is 13.6. The molecule has 4 aromatic carbocycles. The fraction of sp³-hybridized carbons (Fsp3) is 0.265. The number of rotatable bonds is 7. The molecule has 2 heterocycles. The lowest BCUT2D eigenvalue weighted by molar-refractivity contribution is 0.0458. The van der Waals surface area contributed by atoms with Crippen LogP contribution in [0.4, 0.5) is 0 Å². The van der Waals surface area contributed by atoms with E-state index in [2.05, 4.69) is 88.7 Å². The Balaban J connectivity index is 1.44. The molecule has 4 nitrogen and oxygen atoms in total. The minimum absolute atomic E-state index is 0.0654. The molecule has 0 N–H and O–H groups in total. The molecule has 0 unspecified atom stereocenters. The van der Waals surface area contributed by atoms with Crippen LogP contribution in [0.3, 0.4) is 0 Å². The zero-order valence-corrected chi connectivity index (χ0v) is 21.9. The molecule has 2 aliphatic rings. The van der Waals surface area contributed by atoms with Gasteiger partial charge in [-0.15, -0.1) is 0 Å². The van der Waals surface area contributed by atoms with Gasteiger partial charge in [0.15, 0.2) is 5.78 Å². The molecule has 0 spiro atoms. The summed E-state index contributed by atoms with van der Waals surface area (Å²) in [5.41, 5.74) is 7.41. The lowest BCUT2D eigenvalue weighted by Crippen LogP contribution is -2.53. The zero-order chi connectivity index (χ0) is 25.9. The lowest BCUT2D eigenvalue weighted by atomic mass is 9.86. The van der Waals surface area contributed by atoms with E-state index in [-0.39, 0.29) is 17.9 Å². The van der Waals surface area contributed by atoms with Crippen molar-refractivity contribution in [3.8, 4) is 5.75 Å². The number of fused-ring (bicyclic) bond motifs is 2. The summed E-state index contributed by atoms with van der Waals surface area (Å²) >= 11 is 0. The Morgan fingerprint density at radius 2 is 1.18 bits per heavy atom. The highest BCUT2D eigenvalue weighted by Crippen LogP contribution is 2.36. The number of nitrogens with zero attached hydrogens (tertiary/aromatic N) is 2. The van der Waals surface area contributed by atoms with E-state index in [1.807, 2.05) is 24.3 Å². The molecule has 38 heavy (non-hydrogen) atoms. The van der Waals surface area contributed by atoms with Gasteiger partial charge < -0.3 is 4.74 Å². The van der Waals surface area contributed by atoms with Gasteiger partial charge in [0.1, 0.15) is 5.75 Å². The van der Waals surface area contributed by atoms with Crippen LogP contribution in [0, 0.1) is 0 Å². The summed E-state index contributed by atoms with van der Waals surface area (Å²) in [5.74, 6) is 0.928. The van der Waals surface area contributed by atoms with Gasteiger partial charge in [-0.2, -0.15) is 0 Å². The molecular formula is C34H34N2O2. The maximum atomic E-state index is 14.5. The summed E-state index contributed by atoms with van der Waals surface area (Å²) in [6.45, 7) is 3.40. The van der Waals surface area contributed by atoms with Crippen molar-refractivity contribution in [1.29, 1.82) is 0 Å². The third-order valence-corrected chi connectivity index (χ3v) is 8.19. The SMILES string of the molecule is COc1ccc(C(=O)[C@H]([C@@H](c2ccccc2)N2CCc3ccccc3C2)N2CCc3ccccc3C2)cc1. The second kappa shape index (κ2) is 10.9. The van der Waals surface area contributed by atoms with Crippen molar-refractivity contribution in [2.75, 3.05) is 20.2 Å². The van der Waals surface area contributed by atoms with E-state index >= 15 is 0 Å². The maximum Gasteiger partial charge on any atom is 0.181 e.